The molecule has 1 aromatic carbocycles. The third-order valence-electron chi connectivity index (χ3n) is 3.54. The number of nitrogens with zero attached hydrogens (tertiary/aromatic N) is 2. The normalized spacial score (nSPS) is 10.2. The van der Waals surface area contributed by atoms with Crippen LogP contribution < -0.4 is 0 Å². The first-order valence-electron chi connectivity index (χ1n) is 7.95. The van der Waals surface area contributed by atoms with Gasteiger partial charge in [-0.25, -0.2) is 0 Å². The molecule has 0 aliphatic carbocycles. The van der Waals surface area contributed by atoms with Gasteiger partial charge in [0.1, 0.15) is 0 Å². The first-order valence-corrected chi connectivity index (χ1v) is 7.95. The molecule has 0 saturated carbocycles. The van der Waals surface area contributed by atoms with Crippen LogP contribution in [0.4, 0.5) is 0 Å². The van der Waals surface area contributed by atoms with Gasteiger partial charge in [0.25, 0.3) is 5.91 Å². The highest BCUT2D eigenvalue weighted by Crippen LogP contribution is 2.12. The van der Waals surface area contributed by atoms with Crippen molar-refractivity contribution >= 4 is 11.9 Å². The summed E-state index contributed by atoms with van der Waals surface area (Å²) in [7, 11) is 0. The highest BCUT2D eigenvalue weighted by Gasteiger charge is 2.16. The van der Waals surface area contributed by atoms with Crippen LogP contribution in [0.15, 0.2) is 61.4 Å². The lowest BCUT2D eigenvalue weighted by molar-refractivity contribution is -0.143. The maximum atomic E-state index is 12.6. The minimum Gasteiger partial charge on any atom is -0.466 e. The molecular formula is C19H22N2O3. The number of hydrogen-bond donors (Lipinski definition) is 0. The molecule has 2 aromatic rings. The predicted octanol–water partition coefficient (Wildman–Crippen LogP) is 3.06. The van der Waals surface area contributed by atoms with Gasteiger partial charge in [-0.1, -0.05) is 6.08 Å². The van der Waals surface area contributed by atoms with Crippen molar-refractivity contribution in [3.05, 3.63) is 67.0 Å². The minimum atomic E-state index is -0.303. The van der Waals surface area contributed by atoms with Gasteiger partial charge in [-0.15, -0.1) is 6.58 Å². The summed E-state index contributed by atoms with van der Waals surface area (Å²) in [5, 5.41) is 0. The number of carbonyl (C=O) groups excluding carboxylic acids is 2. The maximum absolute atomic E-state index is 12.6. The average Bonchev–Trinajstić information content (AvgIpc) is 3.13. The number of hydrogen-bond acceptors (Lipinski definition) is 3. The van der Waals surface area contributed by atoms with Crippen LogP contribution in [-0.2, 0) is 9.53 Å². The van der Waals surface area contributed by atoms with E-state index < -0.39 is 0 Å². The van der Waals surface area contributed by atoms with Gasteiger partial charge in [0, 0.05) is 36.7 Å². The summed E-state index contributed by atoms with van der Waals surface area (Å²) in [5.41, 5.74) is 1.56. The topological polar surface area (TPSA) is 51.5 Å². The predicted molar refractivity (Wildman–Crippen MR) is 93.1 cm³/mol. The van der Waals surface area contributed by atoms with Gasteiger partial charge in [0.2, 0.25) is 0 Å². The van der Waals surface area contributed by atoms with Gasteiger partial charge in [0.15, 0.2) is 0 Å². The zero-order valence-corrected chi connectivity index (χ0v) is 13.9. The molecule has 24 heavy (non-hydrogen) atoms. The lowest BCUT2D eigenvalue weighted by Gasteiger charge is -2.21. The highest BCUT2D eigenvalue weighted by molar-refractivity contribution is 5.94. The quantitative estimate of drug-likeness (QED) is 0.553. The van der Waals surface area contributed by atoms with Crippen molar-refractivity contribution in [2.24, 2.45) is 0 Å². The van der Waals surface area contributed by atoms with E-state index in [1.165, 1.54) is 0 Å². The standard InChI is InChI=1S/C19H22N2O3/c1-3-12-21(15-11-18(22)24-4-2)19(23)16-7-9-17(10-8-16)20-13-5-6-14-20/h3,5-10,13-14H,1,4,11-12,15H2,2H3. The Morgan fingerprint density at radius 2 is 1.88 bits per heavy atom. The van der Waals surface area contributed by atoms with E-state index in [-0.39, 0.29) is 18.3 Å². The molecule has 0 aliphatic heterocycles. The summed E-state index contributed by atoms with van der Waals surface area (Å²) in [6.45, 7) is 6.47. The van der Waals surface area contributed by atoms with Crippen LogP contribution >= 0.6 is 0 Å². The minimum absolute atomic E-state index is 0.127. The fourth-order valence-electron chi connectivity index (χ4n) is 2.36. The van der Waals surface area contributed by atoms with Gasteiger partial charge in [0.05, 0.1) is 13.0 Å². The Labute approximate surface area is 142 Å². The molecule has 0 unspecified atom stereocenters. The van der Waals surface area contributed by atoms with E-state index in [1.807, 2.05) is 41.2 Å². The summed E-state index contributed by atoms with van der Waals surface area (Å²) in [6, 6.07) is 11.3. The third-order valence-corrected chi connectivity index (χ3v) is 3.54. The van der Waals surface area contributed by atoms with Crippen LogP contribution in [0.25, 0.3) is 5.69 Å². The average molecular weight is 326 g/mol. The lowest BCUT2D eigenvalue weighted by atomic mass is 10.1. The molecule has 0 spiro atoms. The van der Waals surface area contributed by atoms with Crippen LogP contribution in [0.1, 0.15) is 23.7 Å². The first-order chi connectivity index (χ1) is 11.7. The molecule has 0 bridgehead atoms. The second kappa shape index (κ2) is 8.72. The molecule has 0 aliphatic rings. The Kier molecular flexibility index (Phi) is 6.37. The first kappa shape index (κ1) is 17.5. The Balaban J connectivity index is 2.05. The number of benzene rings is 1. The SMILES string of the molecule is C=CCN(CCC(=O)OCC)C(=O)c1ccc(-n2cccc2)cc1. The van der Waals surface area contributed by atoms with E-state index in [2.05, 4.69) is 6.58 Å². The molecule has 5 heteroatoms. The Hall–Kier alpha value is -2.82. The molecule has 0 fully saturated rings. The number of esters is 1. The van der Waals surface area contributed by atoms with Crippen molar-refractivity contribution in [3.8, 4) is 5.69 Å². The van der Waals surface area contributed by atoms with Crippen LogP contribution in [-0.4, -0.2) is 41.0 Å². The number of carbonyl (C=O) groups is 2. The Morgan fingerprint density at radius 3 is 2.46 bits per heavy atom. The Bertz CT molecular complexity index is 675. The van der Waals surface area contributed by atoms with Gasteiger partial charge in [-0.05, 0) is 43.3 Å². The van der Waals surface area contributed by atoms with Crippen molar-refractivity contribution in [1.82, 2.24) is 9.47 Å². The molecule has 1 amide bonds. The molecule has 0 radical (unpaired) electrons. The van der Waals surface area contributed by atoms with Gasteiger partial charge < -0.3 is 14.2 Å². The van der Waals surface area contributed by atoms with Gasteiger partial charge in [-0.2, -0.15) is 0 Å². The zero-order valence-electron chi connectivity index (χ0n) is 13.9. The summed E-state index contributed by atoms with van der Waals surface area (Å²) in [4.78, 5) is 25.7. The Morgan fingerprint density at radius 1 is 1.21 bits per heavy atom. The molecule has 5 nitrogen and oxygen atoms in total. The summed E-state index contributed by atoms with van der Waals surface area (Å²) in [6.07, 6.45) is 5.71. The van der Waals surface area contributed by atoms with E-state index in [0.29, 0.717) is 25.3 Å². The van der Waals surface area contributed by atoms with Crippen molar-refractivity contribution in [1.29, 1.82) is 0 Å². The van der Waals surface area contributed by atoms with E-state index in [1.54, 1.807) is 30.0 Å². The molecule has 0 atom stereocenters. The third kappa shape index (κ3) is 4.59. The number of amides is 1. The van der Waals surface area contributed by atoms with Crippen molar-refractivity contribution in [2.45, 2.75) is 13.3 Å². The second-order valence-electron chi connectivity index (χ2n) is 5.23. The summed E-state index contributed by atoms with van der Waals surface area (Å²) >= 11 is 0. The molecule has 0 saturated heterocycles. The molecule has 0 N–H and O–H groups in total. The highest BCUT2D eigenvalue weighted by atomic mass is 16.5. The lowest BCUT2D eigenvalue weighted by Crippen LogP contribution is -2.33. The maximum Gasteiger partial charge on any atom is 0.307 e. The second-order valence-corrected chi connectivity index (χ2v) is 5.23. The summed E-state index contributed by atoms with van der Waals surface area (Å²) < 4.78 is 6.88. The van der Waals surface area contributed by atoms with Crippen LogP contribution in [0.3, 0.4) is 0 Å². The number of rotatable bonds is 8. The van der Waals surface area contributed by atoms with Crippen LogP contribution in [0, 0.1) is 0 Å². The van der Waals surface area contributed by atoms with E-state index in [0.717, 1.165) is 5.69 Å². The van der Waals surface area contributed by atoms with Crippen molar-refractivity contribution in [3.63, 3.8) is 0 Å². The smallest absolute Gasteiger partial charge is 0.307 e. The van der Waals surface area contributed by atoms with Crippen molar-refractivity contribution < 1.29 is 14.3 Å². The largest absolute Gasteiger partial charge is 0.466 e. The molecule has 1 heterocycles. The zero-order chi connectivity index (χ0) is 17.4. The number of ether oxygens (including phenoxy) is 1. The molecule has 1 aromatic heterocycles. The monoisotopic (exact) mass is 326 g/mol. The van der Waals surface area contributed by atoms with E-state index in [9.17, 15) is 9.59 Å². The fraction of sp³-hybridized carbons (Fsp3) is 0.263. The molecule has 2 rings (SSSR count). The van der Waals surface area contributed by atoms with Gasteiger partial charge >= 0.3 is 5.97 Å². The van der Waals surface area contributed by atoms with E-state index in [4.69, 9.17) is 4.74 Å². The molecule has 126 valence electrons. The summed E-state index contributed by atoms with van der Waals surface area (Å²) in [5.74, 6) is -0.430. The van der Waals surface area contributed by atoms with Crippen molar-refractivity contribution in [2.75, 3.05) is 19.7 Å². The van der Waals surface area contributed by atoms with Crippen LogP contribution in [0.5, 0.6) is 0 Å². The van der Waals surface area contributed by atoms with Gasteiger partial charge in [-0.3, -0.25) is 9.59 Å². The number of aromatic nitrogens is 1. The fourth-order valence-corrected chi connectivity index (χ4v) is 2.36. The van der Waals surface area contributed by atoms with Crippen LogP contribution in [0.2, 0.25) is 0 Å². The molecular weight excluding hydrogens is 304 g/mol. The van der Waals surface area contributed by atoms with E-state index >= 15 is 0 Å².